The molecule has 0 saturated heterocycles. The van der Waals surface area contributed by atoms with Crippen molar-refractivity contribution >= 4 is 29.2 Å². The van der Waals surface area contributed by atoms with E-state index in [2.05, 4.69) is 19.2 Å². The molecule has 1 aliphatic heterocycles. The molecule has 2 amide bonds. The molecule has 30 heavy (non-hydrogen) atoms. The van der Waals surface area contributed by atoms with Gasteiger partial charge < -0.3 is 14.8 Å². The highest BCUT2D eigenvalue weighted by Gasteiger charge is 2.25. The summed E-state index contributed by atoms with van der Waals surface area (Å²) in [4.78, 5) is 38.0. The zero-order valence-electron chi connectivity index (χ0n) is 17.2. The standard InChI is InChI=1S/C23H26N2O5/c1-3-16(2)17-8-10-18(11-9-17)24-21(26)15-30-23(28)14-25-19-6-4-5-7-20(19)29-13-12-22(25)27/h4-11,16H,3,12-15H2,1-2H3,(H,24,26)/t16-/m0/s1. The van der Waals surface area contributed by atoms with Crippen LogP contribution in [0.5, 0.6) is 5.75 Å². The third-order valence-electron chi connectivity index (χ3n) is 5.06. The number of nitrogens with one attached hydrogen (secondary N) is 1. The quantitative estimate of drug-likeness (QED) is 0.706. The van der Waals surface area contributed by atoms with Crippen molar-refractivity contribution < 1.29 is 23.9 Å². The molecule has 3 rings (SSSR count). The van der Waals surface area contributed by atoms with Crippen molar-refractivity contribution in [3.05, 3.63) is 54.1 Å². The van der Waals surface area contributed by atoms with Gasteiger partial charge in [-0.05, 0) is 42.2 Å². The summed E-state index contributed by atoms with van der Waals surface area (Å²) in [5.41, 5.74) is 2.35. The number of nitrogens with zero attached hydrogens (tertiary/aromatic N) is 1. The first kappa shape index (κ1) is 21.4. The number of carbonyl (C=O) groups is 3. The minimum Gasteiger partial charge on any atom is -0.491 e. The van der Waals surface area contributed by atoms with Crippen LogP contribution in [0.25, 0.3) is 0 Å². The topological polar surface area (TPSA) is 84.9 Å². The molecule has 0 aliphatic carbocycles. The fraction of sp³-hybridized carbons (Fsp3) is 0.348. The number of benzene rings is 2. The van der Waals surface area contributed by atoms with Gasteiger partial charge in [0.15, 0.2) is 6.61 Å². The highest BCUT2D eigenvalue weighted by molar-refractivity contribution is 6.00. The molecule has 2 aromatic rings. The second-order valence-corrected chi connectivity index (χ2v) is 7.19. The zero-order chi connectivity index (χ0) is 21.5. The molecule has 0 bridgehead atoms. The fourth-order valence-electron chi connectivity index (χ4n) is 3.14. The van der Waals surface area contributed by atoms with E-state index in [4.69, 9.17) is 9.47 Å². The van der Waals surface area contributed by atoms with Crippen molar-refractivity contribution in [3.8, 4) is 5.75 Å². The second kappa shape index (κ2) is 9.91. The predicted molar refractivity (Wildman–Crippen MR) is 114 cm³/mol. The molecule has 0 aromatic heterocycles. The van der Waals surface area contributed by atoms with Crippen LogP contribution in [-0.4, -0.2) is 37.5 Å². The Kier molecular flexibility index (Phi) is 7.06. The van der Waals surface area contributed by atoms with Crippen molar-refractivity contribution in [3.63, 3.8) is 0 Å². The van der Waals surface area contributed by atoms with E-state index in [1.165, 1.54) is 10.5 Å². The Morgan fingerprint density at radius 1 is 1.17 bits per heavy atom. The van der Waals surface area contributed by atoms with E-state index in [0.29, 0.717) is 23.0 Å². The van der Waals surface area contributed by atoms with Crippen LogP contribution >= 0.6 is 0 Å². The lowest BCUT2D eigenvalue weighted by atomic mass is 9.99. The molecular formula is C23H26N2O5. The maximum absolute atomic E-state index is 12.3. The predicted octanol–water partition coefficient (Wildman–Crippen LogP) is 3.50. The molecule has 0 radical (unpaired) electrons. The second-order valence-electron chi connectivity index (χ2n) is 7.19. The third kappa shape index (κ3) is 5.37. The highest BCUT2D eigenvalue weighted by Crippen LogP contribution is 2.30. The van der Waals surface area contributed by atoms with Crippen LogP contribution in [0.3, 0.4) is 0 Å². The summed E-state index contributed by atoms with van der Waals surface area (Å²) in [7, 11) is 0. The van der Waals surface area contributed by atoms with Crippen LogP contribution in [0.4, 0.5) is 11.4 Å². The summed E-state index contributed by atoms with van der Waals surface area (Å²) in [6.45, 7) is 3.81. The minimum atomic E-state index is -0.665. The summed E-state index contributed by atoms with van der Waals surface area (Å²) in [5, 5.41) is 2.70. The molecular weight excluding hydrogens is 384 g/mol. The number of hydrogen-bond acceptors (Lipinski definition) is 5. The van der Waals surface area contributed by atoms with Gasteiger partial charge in [-0.2, -0.15) is 0 Å². The monoisotopic (exact) mass is 410 g/mol. The number of carbonyl (C=O) groups excluding carboxylic acids is 3. The number of fused-ring (bicyclic) bond motifs is 1. The van der Waals surface area contributed by atoms with Crippen LogP contribution in [0.15, 0.2) is 48.5 Å². The largest absolute Gasteiger partial charge is 0.491 e. The summed E-state index contributed by atoms with van der Waals surface area (Å²) in [6, 6.07) is 14.6. The van der Waals surface area contributed by atoms with Crippen LogP contribution in [0.1, 0.15) is 38.2 Å². The van der Waals surface area contributed by atoms with Gasteiger partial charge in [-0.15, -0.1) is 0 Å². The average Bonchev–Trinajstić information content (AvgIpc) is 2.91. The summed E-state index contributed by atoms with van der Waals surface area (Å²) in [6.07, 6.45) is 1.20. The number of anilines is 2. The number of ether oxygens (including phenoxy) is 2. The molecule has 1 heterocycles. The Balaban J connectivity index is 1.53. The van der Waals surface area contributed by atoms with Crippen molar-refractivity contribution in [1.29, 1.82) is 0 Å². The lowest BCUT2D eigenvalue weighted by molar-refractivity contribution is -0.146. The lowest BCUT2D eigenvalue weighted by Crippen LogP contribution is -2.36. The molecule has 1 atom stereocenters. The van der Waals surface area contributed by atoms with Crippen LogP contribution in [0.2, 0.25) is 0 Å². The molecule has 0 spiro atoms. The highest BCUT2D eigenvalue weighted by atomic mass is 16.5. The number of amides is 2. The SMILES string of the molecule is CC[C@H](C)c1ccc(NC(=O)COC(=O)CN2C(=O)CCOc3ccccc32)cc1. The number of rotatable bonds is 7. The first-order valence-corrected chi connectivity index (χ1v) is 10.1. The van der Waals surface area contributed by atoms with Crippen LogP contribution in [0, 0.1) is 0 Å². The molecule has 7 heteroatoms. The van der Waals surface area contributed by atoms with Gasteiger partial charge in [-0.25, -0.2) is 0 Å². The molecule has 1 aliphatic rings. The minimum absolute atomic E-state index is 0.162. The maximum Gasteiger partial charge on any atom is 0.326 e. The Morgan fingerprint density at radius 2 is 1.90 bits per heavy atom. The molecule has 1 N–H and O–H groups in total. The van der Waals surface area contributed by atoms with E-state index in [0.717, 1.165) is 6.42 Å². The summed E-state index contributed by atoms with van der Waals surface area (Å²) >= 11 is 0. The molecule has 2 aromatic carbocycles. The molecule has 0 saturated carbocycles. The van der Waals surface area contributed by atoms with Crippen molar-refractivity contribution in [2.24, 2.45) is 0 Å². The molecule has 0 fully saturated rings. The first-order valence-electron chi connectivity index (χ1n) is 10.1. The first-order chi connectivity index (χ1) is 14.5. The van der Waals surface area contributed by atoms with Gasteiger partial charge in [0, 0.05) is 5.69 Å². The average molecular weight is 410 g/mol. The van der Waals surface area contributed by atoms with E-state index in [-0.39, 0.29) is 25.5 Å². The van der Waals surface area contributed by atoms with Crippen molar-refractivity contribution in [2.75, 3.05) is 30.0 Å². The smallest absolute Gasteiger partial charge is 0.326 e. The summed E-state index contributed by atoms with van der Waals surface area (Å²) in [5.74, 6) is -0.349. The Morgan fingerprint density at radius 3 is 2.63 bits per heavy atom. The third-order valence-corrected chi connectivity index (χ3v) is 5.06. The van der Waals surface area contributed by atoms with Crippen molar-refractivity contribution in [1.82, 2.24) is 0 Å². The van der Waals surface area contributed by atoms with E-state index >= 15 is 0 Å². The van der Waals surface area contributed by atoms with Crippen LogP contribution < -0.4 is 15.0 Å². The van der Waals surface area contributed by atoms with Gasteiger partial charge in [-0.3, -0.25) is 19.3 Å². The van der Waals surface area contributed by atoms with Gasteiger partial charge >= 0.3 is 5.97 Å². The van der Waals surface area contributed by atoms with Gasteiger partial charge in [0.05, 0.1) is 18.7 Å². The van der Waals surface area contributed by atoms with E-state index in [1.54, 1.807) is 24.3 Å². The van der Waals surface area contributed by atoms with Crippen LogP contribution in [-0.2, 0) is 19.1 Å². The van der Waals surface area contributed by atoms with E-state index in [9.17, 15) is 14.4 Å². The number of esters is 1. The Labute approximate surface area is 176 Å². The molecule has 0 unspecified atom stereocenters. The van der Waals surface area contributed by atoms with Gasteiger partial charge in [-0.1, -0.05) is 38.1 Å². The normalized spacial score (nSPS) is 14.2. The summed E-state index contributed by atoms with van der Waals surface area (Å²) < 4.78 is 10.6. The van der Waals surface area contributed by atoms with E-state index < -0.39 is 18.5 Å². The maximum atomic E-state index is 12.3. The zero-order valence-corrected chi connectivity index (χ0v) is 17.2. The Hall–Kier alpha value is -3.35. The van der Waals surface area contributed by atoms with Gasteiger partial charge in [0.2, 0.25) is 5.91 Å². The lowest BCUT2D eigenvalue weighted by Gasteiger charge is -2.20. The fourth-order valence-corrected chi connectivity index (χ4v) is 3.14. The van der Waals surface area contributed by atoms with Gasteiger partial charge in [0.25, 0.3) is 5.91 Å². The Bertz CT molecular complexity index is 910. The molecule has 7 nitrogen and oxygen atoms in total. The van der Waals surface area contributed by atoms with Crippen molar-refractivity contribution in [2.45, 2.75) is 32.6 Å². The van der Waals surface area contributed by atoms with E-state index in [1.807, 2.05) is 24.3 Å². The number of hydrogen-bond donors (Lipinski definition) is 1. The molecule has 158 valence electrons. The van der Waals surface area contributed by atoms with Gasteiger partial charge in [0.1, 0.15) is 12.3 Å². The number of para-hydroxylation sites is 2.